The first-order valence-electron chi connectivity index (χ1n) is 9.05. The first-order chi connectivity index (χ1) is 12.1. The molecule has 6 heteroatoms. The molecule has 2 fully saturated rings. The van der Waals surface area contributed by atoms with Crippen molar-refractivity contribution in [3.63, 3.8) is 0 Å². The van der Waals surface area contributed by atoms with E-state index in [1.54, 1.807) is 0 Å². The Hall–Kier alpha value is -1.92. The molecule has 0 aliphatic carbocycles. The SMILES string of the molecule is CN1CCC(CCNC(=O)[C@H]2OCC(=O)N[C@@H]2c2ccccc2)CC1. The van der Waals surface area contributed by atoms with Gasteiger partial charge in [0.15, 0.2) is 6.10 Å². The Kier molecular flexibility index (Phi) is 6.04. The maximum Gasteiger partial charge on any atom is 0.251 e. The van der Waals surface area contributed by atoms with Gasteiger partial charge in [0.05, 0.1) is 6.04 Å². The summed E-state index contributed by atoms with van der Waals surface area (Å²) in [5.74, 6) is 0.333. The fourth-order valence-electron chi connectivity index (χ4n) is 3.55. The number of hydrogen-bond donors (Lipinski definition) is 2. The minimum Gasteiger partial charge on any atom is -0.356 e. The molecule has 1 aromatic rings. The minimum absolute atomic E-state index is 0.0730. The van der Waals surface area contributed by atoms with Crippen LogP contribution in [0.5, 0.6) is 0 Å². The predicted molar refractivity (Wildman–Crippen MR) is 94.9 cm³/mol. The molecule has 0 unspecified atom stereocenters. The van der Waals surface area contributed by atoms with E-state index < -0.39 is 12.1 Å². The second-order valence-electron chi connectivity index (χ2n) is 7.01. The fraction of sp³-hybridized carbons (Fsp3) is 0.579. The van der Waals surface area contributed by atoms with E-state index >= 15 is 0 Å². The second kappa shape index (κ2) is 8.45. The highest BCUT2D eigenvalue weighted by Crippen LogP contribution is 2.23. The summed E-state index contributed by atoms with van der Waals surface area (Å²) in [6, 6.07) is 9.06. The zero-order valence-corrected chi connectivity index (χ0v) is 14.7. The maximum absolute atomic E-state index is 12.6. The number of likely N-dealkylation sites (tertiary alicyclic amines) is 1. The molecule has 2 heterocycles. The van der Waals surface area contributed by atoms with E-state index in [9.17, 15) is 9.59 Å². The molecule has 6 nitrogen and oxygen atoms in total. The van der Waals surface area contributed by atoms with Crippen LogP contribution in [0.3, 0.4) is 0 Å². The van der Waals surface area contributed by atoms with Gasteiger partial charge in [-0.3, -0.25) is 9.59 Å². The number of benzene rings is 1. The Morgan fingerprint density at radius 1 is 1.28 bits per heavy atom. The van der Waals surface area contributed by atoms with Crippen molar-refractivity contribution in [2.45, 2.75) is 31.4 Å². The summed E-state index contributed by atoms with van der Waals surface area (Å²) in [5, 5.41) is 5.87. The molecular weight excluding hydrogens is 318 g/mol. The first kappa shape index (κ1) is 17.9. The van der Waals surface area contributed by atoms with Gasteiger partial charge in [-0.1, -0.05) is 30.3 Å². The molecule has 136 valence electrons. The number of nitrogens with zero attached hydrogens (tertiary/aromatic N) is 1. The van der Waals surface area contributed by atoms with Gasteiger partial charge in [-0.2, -0.15) is 0 Å². The Bertz CT molecular complexity index is 585. The lowest BCUT2D eigenvalue weighted by Gasteiger charge is -2.32. The number of nitrogens with one attached hydrogen (secondary N) is 2. The summed E-state index contributed by atoms with van der Waals surface area (Å²) in [7, 11) is 2.15. The minimum atomic E-state index is -0.683. The zero-order valence-electron chi connectivity index (χ0n) is 14.7. The van der Waals surface area contributed by atoms with Gasteiger partial charge in [0.2, 0.25) is 5.91 Å². The third kappa shape index (κ3) is 4.80. The van der Waals surface area contributed by atoms with Crippen molar-refractivity contribution in [2.75, 3.05) is 33.3 Å². The third-order valence-electron chi connectivity index (χ3n) is 5.12. The lowest BCUT2D eigenvalue weighted by Crippen LogP contribution is -2.52. The van der Waals surface area contributed by atoms with Crippen molar-refractivity contribution in [1.82, 2.24) is 15.5 Å². The van der Waals surface area contributed by atoms with E-state index in [-0.39, 0.29) is 18.4 Å². The monoisotopic (exact) mass is 345 g/mol. The van der Waals surface area contributed by atoms with Gasteiger partial charge >= 0.3 is 0 Å². The second-order valence-corrected chi connectivity index (χ2v) is 7.01. The van der Waals surface area contributed by atoms with Gasteiger partial charge in [0.25, 0.3) is 5.91 Å². The van der Waals surface area contributed by atoms with Crippen LogP contribution in [-0.2, 0) is 14.3 Å². The van der Waals surface area contributed by atoms with Crippen molar-refractivity contribution >= 4 is 11.8 Å². The van der Waals surface area contributed by atoms with Crippen LogP contribution >= 0.6 is 0 Å². The predicted octanol–water partition coefficient (Wildman–Crippen LogP) is 1.09. The van der Waals surface area contributed by atoms with E-state index in [0.29, 0.717) is 12.5 Å². The molecule has 0 spiro atoms. The standard InChI is InChI=1S/C19H27N3O3/c1-22-11-8-14(9-12-22)7-10-20-19(24)18-17(21-16(23)13-25-18)15-5-3-2-4-6-15/h2-6,14,17-18H,7-13H2,1H3,(H,20,24)(H,21,23)/t17-,18+/m1/s1. The molecule has 0 aromatic heterocycles. The first-order valence-corrected chi connectivity index (χ1v) is 9.05. The van der Waals surface area contributed by atoms with Crippen molar-refractivity contribution in [2.24, 2.45) is 5.92 Å². The summed E-state index contributed by atoms with van der Waals surface area (Å²) >= 11 is 0. The normalized spacial score (nSPS) is 25.4. The molecule has 0 saturated carbocycles. The third-order valence-corrected chi connectivity index (χ3v) is 5.12. The van der Waals surface area contributed by atoms with Crippen LogP contribution in [0.4, 0.5) is 0 Å². The highest BCUT2D eigenvalue weighted by Gasteiger charge is 2.35. The van der Waals surface area contributed by atoms with Gasteiger partial charge < -0.3 is 20.3 Å². The number of ether oxygens (including phenoxy) is 1. The molecule has 2 saturated heterocycles. The maximum atomic E-state index is 12.6. The van der Waals surface area contributed by atoms with Crippen LogP contribution < -0.4 is 10.6 Å². The summed E-state index contributed by atoms with van der Waals surface area (Å²) in [6.07, 6.45) is 2.69. The highest BCUT2D eigenvalue weighted by atomic mass is 16.5. The Labute approximate surface area is 148 Å². The van der Waals surface area contributed by atoms with Crippen LogP contribution in [0.2, 0.25) is 0 Å². The van der Waals surface area contributed by atoms with Crippen molar-refractivity contribution in [3.05, 3.63) is 35.9 Å². The molecule has 0 bridgehead atoms. The Balaban J connectivity index is 1.53. The number of hydrogen-bond acceptors (Lipinski definition) is 4. The molecular formula is C19H27N3O3. The van der Waals surface area contributed by atoms with E-state index in [1.807, 2.05) is 30.3 Å². The lowest BCUT2D eigenvalue weighted by molar-refractivity contribution is -0.148. The van der Waals surface area contributed by atoms with E-state index in [2.05, 4.69) is 22.6 Å². The number of carbonyl (C=O) groups is 2. The number of morpholine rings is 1. The van der Waals surface area contributed by atoms with Gasteiger partial charge in [-0.25, -0.2) is 0 Å². The fourth-order valence-corrected chi connectivity index (χ4v) is 3.55. The number of piperidine rings is 1. The summed E-state index contributed by atoms with van der Waals surface area (Å²) in [4.78, 5) is 26.6. The van der Waals surface area contributed by atoms with Crippen molar-refractivity contribution in [1.29, 1.82) is 0 Å². The average molecular weight is 345 g/mol. The Morgan fingerprint density at radius 2 is 2.00 bits per heavy atom. The molecule has 0 radical (unpaired) electrons. The molecule has 25 heavy (non-hydrogen) atoms. The molecule has 1 aromatic carbocycles. The molecule has 2 N–H and O–H groups in total. The van der Waals surface area contributed by atoms with E-state index in [4.69, 9.17) is 4.74 Å². The number of rotatable bonds is 5. The van der Waals surface area contributed by atoms with E-state index in [0.717, 1.165) is 25.1 Å². The van der Waals surface area contributed by atoms with Crippen LogP contribution in [0.25, 0.3) is 0 Å². The topological polar surface area (TPSA) is 70.7 Å². The Morgan fingerprint density at radius 3 is 2.72 bits per heavy atom. The molecule has 2 aliphatic heterocycles. The number of carbonyl (C=O) groups excluding carboxylic acids is 2. The molecule has 3 rings (SSSR count). The largest absolute Gasteiger partial charge is 0.356 e. The average Bonchev–Trinajstić information content (AvgIpc) is 2.64. The lowest BCUT2D eigenvalue weighted by atomic mass is 9.94. The van der Waals surface area contributed by atoms with Crippen LogP contribution in [-0.4, -0.2) is 56.1 Å². The van der Waals surface area contributed by atoms with Gasteiger partial charge in [0.1, 0.15) is 6.61 Å². The van der Waals surface area contributed by atoms with E-state index in [1.165, 1.54) is 12.8 Å². The van der Waals surface area contributed by atoms with Crippen molar-refractivity contribution in [3.8, 4) is 0 Å². The molecule has 2 atom stereocenters. The molecule has 2 amide bonds. The number of amides is 2. The van der Waals surface area contributed by atoms with Gasteiger partial charge in [-0.15, -0.1) is 0 Å². The smallest absolute Gasteiger partial charge is 0.251 e. The zero-order chi connectivity index (χ0) is 17.6. The van der Waals surface area contributed by atoms with Crippen LogP contribution in [0.1, 0.15) is 30.9 Å². The summed E-state index contributed by atoms with van der Waals surface area (Å²) in [6.45, 7) is 2.85. The van der Waals surface area contributed by atoms with Crippen LogP contribution in [0.15, 0.2) is 30.3 Å². The summed E-state index contributed by atoms with van der Waals surface area (Å²) < 4.78 is 5.54. The van der Waals surface area contributed by atoms with Gasteiger partial charge in [0, 0.05) is 6.54 Å². The molecule has 2 aliphatic rings. The van der Waals surface area contributed by atoms with Crippen molar-refractivity contribution < 1.29 is 14.3 Å². The quantitative estimate of drug-likeness (QED) is 0.838. The summed E-state index contributed by atoms with van der Waals surface area (Å²) in [5.41, 5.74) is 0.881. The highest BCUT2D eigenvalue weighted by molar-refractivity contribution is 5.86. The van der Waals surface area contributed by atoms with Gasteiger partial charge in [-0.05, 0) is 50.9 Å². The van der Waals surface area contributed by atoms with Crippen LogP contribution in [0, 0.1) is 5.92 Å².